The van der Waals surface area contributed by atoms with Crippen molar-refractivity contribution in [3.05, 3.63) is 50.7 Å². The average molecular weight is 391 g/mol. The summed E-state index contributed by atoms with van der Waals surface area (Å²) in [6, 6.07) is 7.34. The Balaban J connectivity index is 1.84. The maximum Gasteiger partial charge on any atom is 0.342 e. The summed E-state index contributed by atoms with van der Waals surface area (Å²) >= 11 is 0.917. The molecule has 0 radical (unpaired) electrons. The number of nitrogens with one attached hydrogen (secondary N) is 3. The topological polar surface area (TPSA) is 129 Å². The van der Waals surface area contributed by atoms with Crippen LogP contribution in [0.15, 0.2) is 44.0 Å². The standard InChI is InChI=1S/C17H21N5O4S/c1-3-4-9-26-13-7-5-12(6-8-13)10-18-20-14(23)11(2)27-16-15(24)19-17(25)22-21-16/h5-8,10-11H,3-4,9H2,1-2H3,(H,20,23)(H2,19,22,24,25)/b18-10+. The number of amides is 1. The van der Waals surface area contributed by atoms with E-state index in [9.17, 15) is 14.4 Å². The normalized spacial score (nSPS) is 12.1. The number of hydrazone groups is 1. The van der Waals surface area contributed by atoms with Crippen molar-refractivity contribution in [3.63, 3.8) is 0 Å². The molecule has 0 aliphatic heterocycles. The van der Waals surface area contributed by atoms with E-state index >= 15 is 0 Å². The number of benzene rings is 1. The van der Waals surface area contributed by atoms with Crippen LogP contribution < -0.4 is 21.4 Å². The molecule has 27 heavy (non-hydrogen) atoms. The number of nitrogens with zero attached hydrogens (tertiary/aromatic N) is 2. The number of aromatic nitrogens is 3. The van der Waals surface area contributed by atoms with Gasteiger partial charge in [0.2, 0.25) is 0 Å². The van der Waals surface area contributed by atoms with Gasteiger partial charge >= 0.3 is 5.69 Å². The summed E-state index contributed by atoms with van der Waals surface area (Å²) in [6.45, 7) is 4.39. The molecule has 0 spiro atoms. The van der Waals surface area contributed by atoms with E-state index in [-0.39, 0.29) is 5.03 Å². The van der Waals surface area contributed by atoms with Crippen LogP contribution in [0, 0.1) is 0 Å². The molecular weight excluding hydrogens is 370 g/mol. The maximum absolute atomic E-state index is 12.0. The van der Waals surface area contributed by atoms with E-state index in [2.05, 4.69) is 27.6 Å². The Morgan fingerprint density at radius 2 is 2.11 bits per heavy atom. The van der Waals surface area contributed by atoms with Gasteiger partial charge in [-0.15, -0.1) is 0 Å². The fourth-order valence-electron chi connectivity index (χ4n) is 1.88. The molecule has 1 unspecified atom stereocenters. The molecule has 0 saturated carbocycles. The first kappa shape index (κ1) is 20.4. The van der Waals surface area contributed by atoms with Crippen molar-refractivity contribution < 1.29 is 9.53 Å². The van der Waals surface area contributed by atoms with Gasteiger partial charge in [0, 0.05) is 0 Å². The number of hydrogen-bond donors (Lipinski definition) is 3. The minimum atomic E-state index is -0.701. The van der Waals surface area contributed by atoms with Crippen molar-refractivity contribution in [2.75, 3.05) is 6.61 Å². The molecule has 10 heteroatoms. The largest absolute Gasteiger partial charge is 0.494 e. The Morgan fingerprint density at radius 3 is 2.78 bits per heavy atom. The molecule has 0 aliphatic carbocycles. The van der Waals surface area contributed by atoms with Crippen LogP contribution >= 0.6 is 11.8 Å². The van der Waals surface area contributed by atoms with Crippen LogP contribution in [-0.2, 0) is 4.79 Å². The Labute approximate surface area is 159 Å². The molecule has 1 aromatic carbocycles. The Morgan fingerprint density at radius 1 is 1.37 bits per heavy atom. The molecule has 144 valence electrons. The highest BCUT2D eigenvalue weighted by molar-refractivity contribution is 8.00. The highest BCUT2D eigenvalue weighted by Gasteiger charge is 2.16. The van der Waals surface area contributed by atoms with Crippen molar-refractivity contribution in [3.8, 4) is 5.75 Å². The van der Waals surface area contributed by atoms with Crippen molar-refractivity contribution in [1.29, 1.82) is 0 Å². The molecule has 2 aromatic rings. The number of hydrogen-bond acceptors (Lipinski definition) is 7. The Kier molecular flexibility index (Phi) is 7.80. The van der Waals surface area contributed by atoms with E-state index in [4.69, 9.17) is 4.74 Å². The van der Waals surface area contributed by atoms with Gasteiger partial charge in [0.15, 0.2) is 5.03 Å². The van der Waals surface area contributed by atoms with Crippen LogP contribution in [0.4, 0.5) is 0 Å². The zero-order valence-corrected chi connectivity index (χ0v) is 15.8. The lowest BCUT2D eigenvalue weighted by Crippen LogP contribution is -2.30. The molecule has 1 atom stereocenters. The molecule has 1 heterocycles. The summed E-state index contributed by atoms with van der Waals surface area (Å²) in [5.41, 5.74) is 1.86. The second kappa shape index (κ2) is 10.3. The van der Waals surface area contributed by atoms with Crippen molar-refractivity contribution in [2.24, 2.45) is 5.10 Å². The first-order valence-electron chi connectivity index (χ1n) is 8.41. The zero-order valence-electron chi connectivity index (χ0n) is 15.0. The average Bonchev–Trinajstić information content (AvgIpc) is 2.65. The van der Waals surface area contributed by atoms with Gasteiger partial charge in [-0.2, -0.15) is 10.2 Å². The molecule has 3 N–H and O–H groups in total. The second-order valence-corrected chi connectivity index (χ2v) is 6.91. The summed E-state index contributed by atoms with van der Waals surface area (Å²) in [4.78, 5) is 36.6. The van der Waals surface area contributed by atoms with Gasteiger partial charge in [0.1, 0.15) is 5.75 Å². The van der Waals surface area contributed by atoms with Crippen LogP contribution in [0.2, 0.25) is 0 Å². The molecule has 0 bridgehead atoms. The van der Waals surface area contributed by atoms with Gasteiger partial charge in [0.05, 0.1) is 18.1 Å². The lowest BCUT2D eigenvalue weighted by atomic mass is 10.2. The van der Waals surface area contributed by atoms with Crippen molar-refractivity contribution in [2.45, 2.75) is 37.0 Å². The lowest BCUT2D eigenvalue weighted by Gasteiger charge is -2.07. The number of rotatable bonds is 9. The summed E-state index contributed by atoms with van der Waals surface area (Å²) in [5.74, 6) is 0.386. The number of H-pyrrole nitrogens is 2. The Hall–Kier alpha value is -2.88. The predicted octanol–water partition coefficient (Wildman–Crippen LogP) is 1.27. The Bertz CT molecular complexity index is 891. The summed E-state index contributed by atoms with van der Waals surface area (Å²) in [5, 5.41) is 9.01. The van der Waals surface area contributed by atoms with Gasteiger partial charge in [-0.1, -0.05) is 25.1 Å². The molecular formula is C17H21N5O4S. The fourth-order valence-corrected chi connectivity index (χ4v) is 2.63. The predicted molar refractivity (Wildman–Crippen MR) is 103 cm³/mol. The number of thioether (sulfide) groups is 1. The lowest BCUT2D eigenvalue weighted by molar-refractivity contribution is -0.120. The highest BCUT2D eigenvalue weighted by atomic mass is 32.2. The quantitative estimate of drug-likeness (QED) is 0.255. The van der Waals surface area contributed by atoms with Crippen molar-refractivity contribution >= 4 is 23.9 Å². The number of carbonyl (C=O) groups is 1. The molecule has 2 rings (SSSR count). The number of ether oxygens (including phenoxy) is 1. The molecule has 9 nitrogen and oxygen atoms in total. The van der Waals surface area contributed by atoms with Crippen LogP contribution in [0.25, 0.3) is 0 Å². The minimum absolute atomic E-state index is 0.000101. The van der Waals surface area contributed by atoms with E-state index in [0.29, 0.717) is 6.61 Å². The molecule has 0 fully saturated rings. The van der Waals surface area contributed by atoms with Gasteiger partial charge in [0.25, 0.3) is 11.5 Å². The highest BCUT2D eigenvalue weighted by Crippen LogP contribution is 2.16. The van der Waals surface area contributed by atoms with Crippen LogP contribution in [0.5, 0.6) is 5.75 Å². The van der Waals surface area contributed by atoms with E-state index < -0.39 is 22.4 Å². The van der Waals surface area contributed by atoms with Gasteiger partial charge in [-0.25, -0.2) is 15.3 Å². The smallest absolute Gasteiger partial charge is 0.342 e. The second-order valence-electron chi connectivity index (χ2n) is 5.58. The third-order valence-corrected chi connectivity index (χ3v) is 4.44. The van der Waals surface area contributed by atoms with Crippen LogP contribution in [-0.4, -0.2) is 39.2 Å². The minimum Gasteiger partial charge on any atom is -0.494 e. The van der Waals surface area contributed by atoms with Crippen LogP contribution in [0.1, 0.15) is 32.3 Å². The van der Waals surface area contributed by atoms with E-state index in [1.54, 1.807) is 6.92 Å². The molecule has 1 aromatic heterocycles. The zero-order chi connectivity index (χ0) is 19.6. The van der Waals surface area contributed by atoms with E-state index in [0.717, 1.165) is 35.9 Å². The van der Waals surface area contributed by atoms with Crippen molar-refractivity contribution in [1.82, 2.24) is 20.6 Å². The fraction of sp³-hybridized carbons (Fsp3) is 0.353. The first-order valence-corrected chi connectivity index (χ1v) is 9.29. The van der Waals surface area contributed by atoms with Gasteiger partial charge < -0.3 is 4.74 Å². The third kappa shape index (κ3) is 6.74. The van der Waals surface area contributed by atoms with Crippen LogP contribution in [0.3, 0.4) is 0 Å². The first-order chi connectivity index (χ1) is 13.0. The van der Waals surface area contributed by atoms with E-state index in [1.807, 2.05) is 29.2 Å². The number of unbranched alkanes of at least 4 members (excludes halogenated alkanes) is 1. The summed E-state index contributed by atoms with van der Waals surface area (Å²) in [7, 11) is 0. The third-order valence-electron chi connectivity index (χ3n) is 3.37. The monoisotopic (exact) mass is 391 g/mol. The van der Waals surface area contributed by atoms with E-state index in [1.165, 1.54) is 6.21 Å². The van der Waals surface area contributed by atoms with Gasteiger partial charge in [-0.05, 0) is 43.2 Å². The summed E-state index contributed by atoms with van der Waals surface area (Å²) < 4.78 is 5.58. The summed E-state index contributed by atoms with van der Waals surface area (Å²) in [6.07, 6.45) is 3.59. The number of aromatic amines is 2. The SMILES string of the molecule is CCCCOc1ccc(/C=N/NC(=O)C(C)Sc2n[nH]c(=O)[nH]c2=O)cc1. The molecule has 1 amide bonds. The molecule has 0 aliphatic rings. The molecule has 0 saturated heterocycles. The maximum atomic E-state index is 12.0. The van der Waals surface area contributed by atoms with Gasteiger partial charge in [-0.3, -0.25) is 14.6 Å². The number of carbonyl (C=O) groups excluding carboxylic acids is 1.